The number of aromatic nitrogens is 1. The molecule has 1 saturated heterocycles. The van der Waals surface area contributed by atoms with Gasteiger partial charge in [-0.3, -0.25) is 9.59 Å². The van der Waals surface area contributed by atoms with Crippen molar-refractivity contribution in [1.82, 2.24) is 14.8 Å². The zero-order chi connectivity index (χ0) is 24.8. The van der Waals surface area contributed by atoms with E-state index in [2.05, 4.69) is 0 Å². The summed E-state index contributed by atoms with van der Waals surface area (Å²) in [7, 11) is 1.35. The zero-order valence-corrected chi connectivity index (χ0v) is 20.5. The molecule has 0 radical (unpaired) electrons. The second kappa shape index (κ2) is 11.1. The van der Waals surface area contributed by atoms with Crippen molar-refractivity contribution in [1.29, 1.82) is 0 Å². The Kier molecular flexibility index (Phi) is 7.77. The van der Waals surface area contributed by atoms with Gasteiger partial charge in [0, 0.05) is 37.5 Å². The Balaban J connectivity index is 1.54. The van der Waals surface area contributed by atoms with Gasteiger partial charge in [-0.2, -0.15) is 0 Å². The predicted molar refractivity (Wildman–Crippen MR) is 132 cm³/mol. The van der Waals surface area contributed by atoms with Crippen LogP contribution in [0, 0.1) is 0 Å². The number of amides is 2. The van der Waals surface area contributed by atoms with E-state index in [4.69, 9.17) is 14.5 Å². The van der Waals surface area contributed by atoms with Gasteiger partial charge in [-0.1, -0.05) is 30.3 Å². The summed E-state index contributed by atoms with van der Waals surface area (Å²) in [5.74, 6) is 0.0768. The van der Waals surface area contributed by atoms with Crippen LogP contribution in [0.3, 0.4) is 0 Å². The minimum absolute atomic E-state index is 0.0101. The molecule has 0 saturated carbocycles. The normalized spacial score (nSPS) is 15.9. The molecule has 1 fully saturated rings. The molecule has 3 aromatic rings. The van der Waals surface area contributed by atoms with Crippen molar-refractivity contribution >= 4 is 29.1 Å². The van der Waals surface area contributed by atoms with Crippen LogP contribution in [-0.4, -0.2) is 65.9 Å². The molecule has 0 aliphatic carbocycles. The van der Waals surface area contributed by atoms with Crippen LogP contribution in [0.4, 0.5) is 0 Å². The first-order chi connectivity index (χ1) is 17.0. The molecule has 1 atom stereocenters. The van der Waals surface area contributed by atoms with E-state index in [1.807, 2.05) is 47.8 Å². The fraction of sp³-hybridized carbons (Fsp3) is 0.308. The lowest BCUT2D eigenvalue weighted by molar-refractivity contribution is -0.136. The van der Waals surface area contributed by atoms with E-state index >= 15 is 0 Å². The van der Waals surface area contributed by atoms with Crippen molar-refractivity contribution in [2.24, 2.45) is 0 Å². The summed E-state index contributed by atoms with van der Waals surface area (Å²) in [6, 6.07) is 16.0. The third-order valence-electron chi connectivity index (χ3n) is 5.94. The summed E-state index contributed by atoms with van der Waals surface area (Å²) >= 11 is 1.48. The lowest BCUT2D eigenvalue weighted by atomic mass is 10.1. The molecule has 8 nitrogen and oxygen atoms in total. The van der Waals surface area contributed by atoms with Crippen LogP contribution in [0.15, 0.2) is 60.0 Å². The highest BCUT2D eigenvalue weighted by atomic mass is 32.1. The number of para-hydroxylation sites is 1. The number of esters is 1. The minimum atomic E-state index is -0.393. The molecule has 182 valence electrons. The predicted octanol–water partition coefficient (Wildman–Crippen LogP) is 3.80. The maximum absolute atomic E-state index is 13.2. The number of methoxy groups -OCH3 is 1. The number of benzene rings is 2. The number of rotatable bonds is 6. The van der Waals surface area contributed by atoms with E-state index in [0.29, 0.717) is 37.4 Å². The Labute approximate surface area is 208 Å². The molecule has 2 aromatic carbocycles. The highest BCUT2D eigenvalue weighted by Crippen LogP contribution is 2.32. The van der Waals surface area contributed by atoms with Crippen molar-refractivity contribution in [2.45, 2.75) is 19.4 Å². The molecular formula is C26H27N3O5S. The van der Waals surface area contributed by atoms with Crippen molar-refractivity contribution in [3.63, 3.8) is 0 Å². The number of carbonyl (C=O) groups excluding carboxylic acids is 3. The van der Waals surface area contributed by atoms with Crippen molar-refractivity contribution in [2.75, 3.05) is 33.4 Å². The standard InChI is InChI=1S/C26H27N3O5S/c1-18(30)28-13-12-23(29(15-14-28)24(31)16-34-21-6-4-3-5-7-21)25-27-22(17-35-25)19-8-10-20(11-9-19)26(32)33-2/h3-11,17,23H,12-16H2,1-2H3. The second-order valence-electron chi connectivity index (χ2n) is 8.14. The van der Waals surface area contributed by atoms with Crippen LogP contribution >= 0.6 is 11.3 Å². The van der Waals surface area contributed by atoms with Gasteiger partial charge in [0.1, 0.15) is 10.8 Å². The summed E-state index contributed by atoms with van der Waals surface area (Å²) in [6.45, 7) is 2.88. The van der Waals surface area contributed by atoms with Crippen molar-refractivity contribution in [3.05, 3.63) is 70.5 Å². The third kappa shape index (κ3) is 5.86. The van der Waals surface area contributed by atoms with Gasteiger partial charge >= 0.3 is 5.97 Å². The number of carbonyl (C=O) groups is 3. The quantitative estimate of drug-likeness (QED) is 0.486. The summed E-state index contributed by atoms with van der Waals surface area (Å²) in [6.07, 6.45) is 0.588. The molecule has 0 bridgehead atoms. The molecule has 35 heavy (non-hydrogen) atoms. The fourth-order valence-electron chi connectivity index (χ4n) is 4.01. The van der Waals surface area contributed by atoms with Gasteiger partial charge in [0.2, 0.25) is 5.91 Å². The second-order valence-corrected chi connectivity index (χ2v) is 9.03. The lowest BCUT2D eigenvalue weighted by Crippen LogP contribution is -2.40. The molecule has 1 aromatic heterocycles. The van der Waals surface area contributed by atoms with Crippen molar-refractivity contribution < 1.29 is 23.9 Å². The summed E-state index contributed by atoms with van der Waals surface area (Å²) < 4.78 is 10.5. The van der Waals surface area contributed by atoms with Gasteiger partial charge in [0.05, 0.1) is 24.4 Å². The molecule has 2 amide bonds. The van der Waals surface area contributed by atoms with Crippen LogP contribution in [0.1, 0.15) is 34.8 Å². The van der Waals surface area contributed by atoms with Gasteiger partial charge < -0.3 is 19.3 Å². The third-order valence-corrected chi connectivity index (χ3v) is 6.89. The van der Waals surface area contributed by atoms with Gasteiger partial charge in [0.25, 0.3) is 5.91 Å². The van der Waals surface area contributed by atoms with Crippen LogP contribution in [-0.2, 0) is 14.3 Å². The molecule has 1 aliphatic rings. The first-order valence-electron chi connectivity index (χ1n) is 11.3. The SMILES string of the molecule is COC(=O)c1ccc(-c2csc(C3CCN(C(C)=O)CCN3C(=O)COc3ccccc3)n2)cc1. The summed E-state index contributed by atoms with van der Waals surface area (Å²) in [5.41, 5.74) is 2.10. The van der Waals surface area contributed by atoms with E-state index in [-0.39, 0.29) is 24.5 Å². The molecule has 2 heterocycles. The van der Waals surface area contributed by atoms with Crippen LogP contribution < -0.4 is 4.74 Å². The molecule has 1 aliphatic heterocycles. The molecular weight excluding hydrogens is 466 g/mol. The number of ether oxygens (including phenoxy) is 2. The number of hydrogen-bond donors (Lipinski definition) is 0. The number of nitrogens with zero attached hydrogens (tertiary/aromatic N) is 3. The van der Waals surface area contributed by atoms with E-state index in [9.17, 15) is 14.4 Å². The van der Waals surface area contributed by atoms with Gasteiger partial charge in [-0.25, -0.2) is 9.78 Å². The van der Waals surface area contributed by atoms with Crippen LogP contribution in [0.2, 0.25) is 0 Å². The smallest absolute Gasteiger partial charge is 0.337 e. The lowest BCUT2D eigenvalue weighted by Gasteiger charge is -2.28. The van der Waals surface area contributed by atoms with Crippen LogP contribution in [0.5, 0.6) is 5.75 Å². The average Bonchev–Trinajstić information content (AvgIpc) is 3.26. The van der Waals surface area contributed by atoms with Crippen molar-refractivity contribution in [3.8, 4) is 17.0 Å². The maximum atomic E-state index is 13.2. The Bertz CT molecular complexity index is 1180. The first-order valence-corrected chi connectivity index (χ1v) is 12.2. The number of hydrogen-bond acceptors (Lipinski definition) is 7. The Morgan fingerprint density at radius 1 is 1.03 bits per heavy atom. The highest BCUT2D eigenvalue weighted by molar-refractivity contribution is 7.10. The monoisotopic (exact) mass is 493 g/mol. The average molecular weight is 494 g/mol. The topological polar surface area (TPSA) is 89.0 Å². The largest absolute Gasteiger partial charge is 0.484 e. The van der Waals surface area contributed by atoms with Gasteiger partial charge in [0.15, 0.2) is 6.61 Å². The Hall–Kier alpha value is -3.72. The summed E-state index contributed by atoms with van der Waals surface area (Å²) in [5, 5.41) is 2.75. The first kappa shape index (κ1) is 24.4. The summed E-state index contributed by atoms with van der Waals surface area (Å²) in [4.78, 5) is 45.3. The van der Waals surface area contributed by atoms with Crippen LogP contribution in [0.25, 0.3) is 11.3 Å². The number of thiazole rings is 1. The minimum Gasteiger partial charge on any atom is -0.484 e. The maximum Gasteiger partial charge on any atom is 0.337 e. The highest BCUT2D eigenvalue weighted by Gasteiger charge is 2.32. The van der Waals surface area contributed by atoms with Gasteiger partial charge in [-0.05, 0) is 30.7 Å². The zero-order valence-electron chi connectivity index (χ0n) is 19.7. The Morgan fingerprint density at radius 2 is 1.77 bits per heavy atom. The molecule has 1 unspecified atom stereocenters. The molecule has 0 spiro atoms. The molecule has 0 N–H and O–H groups in total. The van der Waals surface area contributed by atoms with E-state index in [0.717, 1.165) is 16.3 Å². The fourth-order valence-corrected chi connectivity index (χ4v) is 4.99. The van der Waals surface area contributed by atoms with Gasteiger partial charge in [-0.15, -0.1) is 11.3 Å². The van der Waals surface area contributed by atoms with E-state index in [1.165, 1.54) is 18.4 Å². The molecule has 4 rings (SSSR count). The Morgan fingerprint density at radius 3 is 2.46 bits per heavy atom. The molecule has 9 heteroatoms. The van der Waals surface area contributed by atoms with E-state index in [1.54, 1.807) is 28.9 Å². The van der Waals surface area contributed by atoms with E-state index < -0.39 is 5.97 Å².